The van der Waals surface area contributed by atoms with Gasteiger partial charge < -0.3 is 26.4 Å². The van der Waals surface area contributed by atoms with Crippen LogP contribution in [0.1, 0.15) is 57.4 Å². The second-order valence-corrected chi connectivity index (χ2v) is 12.1. The van der Waals surface area contributed by atoms with E-state index in [1.807, 2.05) is 9.47 Å². The number of nitrogens with zero attached hydrogens (tertiary/aromatic N) is 6. The first kappa shape index (κ1) is 29.6. The summed E-state index contributed by atoms with van der Waals surface area (Å²) in [7, 11) is 0. The van der Waals surface area contributed by atoms with Crippen molar-refractivity contribution in [3.8, 4) is 0 Å². The van der Waals surface area contributed by atoms with Crippen molar-refractivity contribution in [3.05, 3.63) is 36.0 Å². The van der Waals surface area contributed by atoms with Crippen molar-refractivity contribution in [2.45, 2.75) is 69.5 Å². The number of halogens is 2. The molecule has 3 heterocycles. The number of benzene rings is 1. The number of β-amino-alcohol motifs (C(OH)–C–C–N with tert-alkyl or cyclic N) is 1. The fourth-order valence-corrected chi connectivity index (χ4v) is 6.72. The van der Waals surface area contributed by atoms with Crippen molar-refractivity contribution < 1.29 is 18.7 Å². The third-order valence-electron chi connectivity index (χ3n) is 9.23. The van der Waals surface area contributed by atoms with Crippen LogP contribution in [0.2, 0.25) is 0 Å². The number of imidazole rings is 1. The molecule has 1 aliphatic heterocycles. The molecule has 232 valence electrons. The number of aliphatic hydroxyl groups is 1. The van der Waals surface area contributed by atoms with Crippen LogP contribution in [0.5, 0.6) is 0 Å². The summed E-state index contributed by atoms with van der Waals surface area (Å²) in [5.41, 5.74) is 7.40. The maximum Gasteiger partial charge on any atom is 0.225 e. The molecule has 2 saturated carbocycles. The molecule has 5 N–H and O–H groups in total. The Bertz CT molecular complexity index is 1410. The van der Waals surface area contributed by atoms with Gasteiger partial charge in [0.25, 0.3) is 0 Å². The summed E-state index contributed by atoms with van der Waals surface area (Å²) in [6.07, 6.45) is 8.41. The fourth-order valence-electron chi connectivity index (χ4n) is 6.72. The molecule has 0 spiro atoms. The number of nitrogens with two attached hydrogens (primary N) is 1. The van der Waals surface area contributed by atoms with E-state index in [0.717, 1.165) is 70.5 Å². The number of fused-ring (bicyclic) bond motifs is 1. The molecule has 0 bridgehead atoms. The smallest absolute Gasteiger partial charge is 0.225 e. The van der Waals surface area contributed by atoms with Crippen LogP contribution < -0.4 is 16.4 Å². The molecule has 0 atom stereocenters. The quantitative estimate of drug-likeness (QED) is 0.308. The topological polar surface area (TPSA) is 137 Å². The number of hydrogen-bond donors (Lipinski definition) is 4. The van der Waals surface area contributed by atoms with Crippen LogP contribution in [0.25, 0.3) is 11.2 Å². The maximum atomic E-state index is 14.7. The highest BCUT2D eigenvalue weighted by atomic mass is 19.1. The second kappa shape index (κ2) is 13.1. The normalized spacial score (nSPS) is 25.2. The van der Waals surface area contributed by atoms with Crippen molar-refractivity contribution in [2.75, 3.05) is 50.0 Å². The zero-order chi connectivity index (χ0) is 29.9. The van der Waals surface area contributed by atoms with Gasteiger partial charge in [-0.1, -0.05) is 0 Å². The minimum absolute atomic E-state index is 0.0168. The van der Waals surface area contributed by atoms with Crippen LogP contribution in [0.3, 0.4) is 0 Å². The van der Waals surface area contributed by atoms with E-state index in [2.05, 4.69) is 20.5 Å². The lowest BCUT2D eigenvalue weighted by Gasteiger charge is -2.38. The zero-order valence-corrected chi connectivity index (χ0v) is 24.4. The van der Waals surface area contributed by atoms with Crippen LogP contribution in [0, 0.1) is 17.6 Å². The van der Waals surface area contributed by atoms with Crippen molar-refractivity contribution in [2.24, 2.45) is 11.7 Å². The summed E-state index contributed by atoms with van der Waals surface area (Å²) in [5, 5.41) is 15.7. The zero-order valence-electron chi connectivity index (χ0n) is 24.4. The molecular weight excluding hydrogens is 556 g/mol. The number of amides is 1. The van der Waals surface area contributed by atoms with Gasteiger partial charge in [-0.25, -0.2) is 18.7 Å². The second-order valence-electron chi connectivity index (χ2n) is 12.1. The lowest BCUT2D eigenvalue weighted by molar-refractivity contribution is -0.138. The number of aromatic nitrogens is 4. The van der Waals surface area contributed by atoms with Gasteiger partial charge in [0.2, 0.25) is 17.8 Å². The van der Waals surface area contributed by atoms with E-state index in [4.69, 9.17) is 15.7 Å². The molecule has 6 rings (SSSR count). The first-order valence-corrected chi connectivity index (χ1v) is 15.5. The Morgan fingerprint density at radius 2 is 1.74 bits per heavy atom. The molecule has 13 heteroatoms. The third kappa shape index (κ3) is 6.73. The lowest BCUT2D eigenvalue weighted by atomic mass is 9.85. The van der Waals surface area contributed by atoms with Crippen molar-refractivity contribution in [1.82, 2.24) is 29.3 Å². The molecule has 3 fully saturated rings. The number of carbonyl (C=O) groups is 1. The first-order chi connectivity index (χ1) is 20.9. The van der Waals surface area contributed by atoms with E-state index in [9.17, 15) is 18.7 Å². The average Bonchev–Trinajstić information content (AvgIpc) is 3.37. The van der Waals surface area contributed by atoms with Crippen molar-refractivity contribution >= 4 is 34.7 Å². The lowest BCUT2D eigenvalue weighted by Crippen LogP contribution is -2.51. The maximum absolute atomic E-state index is 14.7. The summed E-state index contributed by atoms with van der Waals surface area (Å²) >= 11 is 0. The molecule has 3 aliphatic rings. The molecule has 1 aromatic carbocycles. The summed E-state index contributed by atoms with van der Waals surface area (Å²) < 4.78 is 30.3. The van der Waals surface area contributed by atoms with Gasteiger partial charge in [0, 0.05) is 62.8 Å². The van der Waals surface area contributed by atoms with Gasteiger partial charge in [0.15, 0.2) is 5.65 Å². The molecule has 11 nitrogen and oxygen atoms in total. The van der Waals surface area contributed by atoms with Gasteiger partial charge in [-0.2, -0.15) is 4.98 Å². The van der Waals surface area contributed by atoms with Gasteiger partial charge in [0.05, 0.1) is 18.5 Å². The summed E-state index contributed by atoms with van der Waals surface area (Å²) in [6.45, 7) is 3.69. The summed E-state index contributed by atoms with van der Waals surface area (Å²) in [6, 6.07) is 3.87. The molecule has 0 unspecified atom stereocenters. The minimum Gasteiger partial charge on any atom is -0.395 e. The molecule has 1 amide bonds. The SMILES string of the molecule is N[C@H]1CC[C@H](Nc2ncc3nc(Nc4ccc(F)cc4F)n([C@H]4CC[C@@H](C(=O)N5CCN(CCO)CC5)CC4)c3n2)CC1. The Morgan fingerprint density at radius 3 is 2.44 bits per heavy atom. The highest BCUT2D eigenvalue weighted by molar-refractivity contribution is 5.79. The molecule has 2 aliphatic carbocycles. The molecule has 2 aromatic heterocycles. The number of piperazine rings is 1. The molecule has 3 aromatic rings. The van der Waals surface area contributed by atoms with Crippen molar-refractivity contribution in [1.29, 1.82) is 0 Å². The number of aliphatic hydroxyl groups excluding tert-OH is 1. The summed E-state index contributed by atoms with van der Waals surface area (Å²) in [5.74, 6) is -0.296. The van der Waals surface area contributed by atoms with Crippen LogP contribution in [0.4, 0.5) is 26.4 Å². The third-order valence-corrected chi connectivity index (χ3v) is 9.23. The molecule has 0 radical (unpaired) electrons. The monoisotopic (exact) mass is 597 g/mol. The van der Waals surface area contributed by atoms with Gasteiger partial charge in [-0.15, -0.1) is 0 Å². The predicted octanol–water partition coefficient (Wildman–Crippen LogP) is 3.40. The number of rotatable bonds is 8. The Kier molecular flexibility index (Phi) is 9.01. The Hall–Kier alpha value is -3.42. The number of nitrogens with one attached hydrogen (secondary N) is 2. The summed E-state index contributed by atoms with van der Waals surface area (Å²) in [4.78, 5) is 31.6. The first-order valence-electron chi connectivity index (χ1n) is 15.5. The number of hydrogen-bond acceptors (Lipinski definition) is 9. The average molecular weight is 598 g/mol. The molecule has 43 heavy (non-hydrogen) atoms. The highest BCUT2D eigenvalue weighted by Gasteiger charge is 2.33. The van der Waals surface area contributed by atoms with E-state index in [1.165, 1.54) is 12.1 Å². The van der Waals surface area contributed by atoms with Gasteiger partial charge >= 0.3 is 0 Å². The van der Waals surface area contributed by atoms with Gasteiger partial charge in [0.1, 0.15) is 17.2 Å². The van der Waals surface area contributed by atoms with E-state index in [0.29, 0.717) is 42.7 Å². The van der Waals surface area contributed by atoms with Crippen LogP contribution >= 0.6 is 0 Å². The Labute approximate surface area is 249 Å². The van der Waals surface area contributed by atoms with E-state index in [1.54, 1.807) is 6.20 Å². The number of anilines is 3. The van der Waals surface area contributed by atoms with E-state index >= 15 is 0 Å². The van der Waals surface area contributed by atoms with Crippen LogP contribution in [0.15, 0.2) is 24.4 Å². The highest BCUT2D eigenvalue weighted by Crippen LogP contribution is 2.38. The van der Waals surface area contributed by atoms with Crippen LogP contribution in [-0.4, -0.2) is 91.7 Å². The Balaban J connectivity index is 1.22. The van der Waals surface area contributed by atoms with Crippen LogP contribution in [-0.2, 0) is 4.79 Å². The minimum atomic E-state index is -0.712. The molecule has 1 saturated heterocycles. The Morgan fingerprint density at radius 1 is 1.00 bits per heavy atom. The van der Waals surface area contributed by atoms with Crippen molar-refractivity contribution in [3.63, 3.8) is 0 Å². The molecular formula is C30H41F2N9O2. The fraction of sp³-hybridized carbons (Fsp3) is 0.600. The largest absolute Gasteiger partial charge is 0.395 e. The van der Waals surface area contributed by atoms with E-state index < -0.39 is 11.6 Å². The predicted molar refractivity (Wildman–Crippen MR) is 160 cm³/mol. The van der Waals surface area contributed by atoms with Gasteiger partial charge in [-0.3, -0.25) is 14.3 Å². The van der Waals surface area contributed by atoms with E-state index in [-0.39, 0.29) is 42.2 Å². The standard InChI is InChI=1S/C30H41F2N9O2/c31-20-3-10-25(24(32)17-20)36-30-37-26-18-34-29(35-22-6-4-21(33)5-7-22)38-27(26)41(30)23-8-1-19(2-9-23)28(43)40-13-11-39(12-14-40)15-16-42/h3,10,17-19,21-23,42H,1-2,4-9,11-16,33H2,(H,36,37)(H,34,35,38)/t19-,21-,22-,23+. The van der Waals surface area contributed by atoms with Gasteiger partial charge in [-0.05, 0) is 63.5 Å². The number of carbonyl (C=O) groups excluding carboxylic acids is 1.